The average molecular weight is 770 g/mol. The molecule has 0 aromatic heterocycles. The van der Waals surface area contributed by atoms with E-state index in [4.69, 9.17) is 18.3 Å². The van der Waals surface area contributed by atoms with Crippen LogP contribution in [0.1, 0.15) is 101 Å². The molecule has 0 radical (unpaired) electrons. The van der Waals surface area contributed by atoms with Gasteiger partial charge in [-0.1, -0.05) is 96.2 Å². The number of alkyl carbamates (subject to hydrolysis) is 1. The molecule has 0 aliphatic rings. The van der Waals surface area contributed by atoms with Crippen LogP contribution in [0.2, 0.25) is 36.3 Å². The number of aliphatic carboxylic acids is 1. The lowest BCUT2D eigenvalue weighted by atomic mass is 9.93. The summed E-state index contributed by atoms with van der Waals surface area (Å²) in [4.78, 5) is 26.3. The zero-order valence-electron chi connectivity index (χ0n) is 35.7. The van der Waals surface area contributed by atoms with Gasteiger partial charge in [0.05, 0.1) is 24.2 Å². The van der Waals surface area contributed by atoms with Gasteiger partial charge in [0.1, 0.15) is 17.0 Å². The lowest BCUT2D eigenvalue weighted by Gasteiger charge is -2.42. The number of rotatable bonds is 16. The van der Waals surface area contributed by atoms with Crippen LogP contribution in [0.3, 0.4) is 0 Å². The van der Waals surface area contributed by atoms with Crippen molar-refractivity contribution in [2.24, 2.45) is 5.92 Å². The molecule has 0 bridgehead atoms. The molecule has 0 aliphatic carbocycles. The van der Waals surface area contributed by atoms with Crippen molar-refractivity contribution in [2.75, 3.05) is 0 Å². The van der Waals surface area contributed by atoms with E-state index in [0.717, 1.165) is 16.9 Å². The van der Waals surface area contributed by atoms with E-state index in [-0.39, 0.29) is 15.7 Å². The Hall–Kier alpha value is -2.93. The second-order valence-corrected chi connectivity index (χ2v) is 28.9. The molecule has 0 heterocycles. The number of carbonyl (C=O) groups excluding carboxylic acids is 1. The number of ether oxygens (including phenoxy) is 2. The summed E-state index contributed by atoms with van der Waals surface area (Å²) < 4.78 is 25.9. The summed E-state index contributed by atoms with van der Waals surface area (Å²) >= 11 is 0. The molecule has 2 rings (SSSR count). The lowest BCUT2D eigenvalue weighted by Crippen LogP contribution is -2.53. The summed E-state index contributed by atoms with van der Waals surface area (Å²) in [5.74, 6) is -0.933. The monoisotopic (exact) mass is 769 g/mol. The van der Waals surface area contributed by atoms with Crippen molar-refractivity contribution < 1.29 is 33.0 Å². The van der Waals surface area contributed by atoms with Gasteiger partial charge in [-0.3, -0.25) is 4.79 Å². The summed E-state index contributed by atoms with van der Waals surface area (Å²) in [6, 6.07) is 17.2. The summed E-state index contributed by atoms with van der Waals surface area (Å²) in [5, 5.41) is 13.5. The van der Waals surface area contributed by atoms with Crippen LogP contribution in [0.5, 0.6) is 5.75 Å². The molecule has 2 N–H and O–H groups in total. The van der Waals surface area contributed by atoms with E-state index in [2.05, 4.69) is 73.0 Å². The molecule has 0 spiro atoms. The molecule has 2 aromatic carbocycles. The molecule has 1 amide bonds. The maximum Gasteiger partial charge on any atom is 0.407 e. The van der Waals surface area contributed by atoms with Gasteiger partial charge in [-0.15, -0.1) is 0 Å². The number of hydrogen-bond donors (Lipinski definition) is 2. The first kappa shape index (κ1) is 46.2. The zero-order chi connectivity index (χ0) is 40.6. The fourth-order valence-corrected chi connectivity index (χ4v) is 7.86. The molecule has 10 heteroatoms. The Labute approximate surface area is 323 Å². The SMILES string of the molecule is CC(C)(C)OC(=O)NC(Cc1ccc(OC(C)(C)C)cc1)C(CC=CC(O[Si](C)(C)C(C)(C)C)C(Cc1ccccc1)C(=O)O)O[Si](C)(C)C(C)(C)C. The van der Waals surface area contributed by atoms with E-state index < -0.39 is 58.5 Å². The molecule has 4 unspecified atom stereocenters. The number of carbonyl (C=O) groups is 2. The molecule has 0 fully saturated rings. The molecule has 8 nitrogen and oxygen atoms in total. The Bertz CT molecular complexity index is 1480. The Morgan fingerprint density at radius 2 is 1.23 bits per heavy atom. The second kappa shape index (κ2) is 18.1. The van der Waals surface area contributed by atoms with Crippen LogP contribution in [-0.2, 0) is 31.2 Å². The largest absolute Gasteiger partial charge is 0.488 e. The molecule has 0 aliphatic heterocycles. The minimum Gasteiger partial charge on any atom is -0.488 e. The lowest BCUT2D eigenvalue weighted by molar-refractivity contribution is -0.144. The number of carboxylic acids is 1. The first-order valence-corrected chi connectivity index (χ1v) is 24.9. The smallest absolute Gasteiger partial charge is 0.407 e. The molecule has 0 saturated carbocycles. The van der Waals surface area contributed by atoms with Gasteiger partial charge in [-0.25, -0.2) is 4.79 Å². The first-order valence-electron chi connectivity index (χ1n) is 19.1. The molecular weight excluding hydrogens is 699 g/mol. The van der Waals surface area contributed by atoms with Gasteiger partial charge < -0.3 is 28.7 Å². The van der Waals surface area contributed by atoms with Gasteiger partial charge >= 0.3 is 12.1 Å². The Morgan fingerprint density at radius 1 is 0.717 bits per heavy atom. The van der Waals surface area contributed by atoms with Crippen molar-refractivity contribution in [2.45, 2.75) is 168 Å². The topological polar surface area (TPSA) is 103 Å². The normalized spacial score (nSPS) is 15.8. The quantitative estimate of drug-likeness (QED) is 0.129. The van der Waals surface area contributed by atoms with Crippen LogP contribution in [0.15, 0.2) is 66.7 Å². The maximum absolute atomic E-state index is 13.4. The third-order valence-corrected chi connectivity index (χ3v) is 19.1. The molecule has 2 aromatic rings. The number of benzene rings is 2. The minimum absolute atomic E-state index is 0.102. The van der Waals surface area contributed by atoms with E-state index in [1.165, 1.54) is 0 Å². The summed E-state index contributed by atoms with van der Waals surface area (Å²) in [6.07, 6.45) is 3.53. The van der Waals surface area contributed by atoms with Gasteiger partial charge in [0, 0.05) is 0 Å². The summed E-state index contributed by atoms with van der Waals surface area (Å²) in [6.45, 7) is 33.3. The molecular formula is C43H71NO7Si2. The van der Waals surface area contributed by atoms with Gasteiger partial charge in [0.2, 0.25) is 0 Å². The van der Waals surface area contributed by atoms with Crippen molar-refractivity contribution >= 4 is 28.7 Å². The van der Waals surface area contributed by atoms with E-state index in [1.807, 2.05) is 108 Å². The number of nitrogens with one attached hydrogen (secondary N) is 1. The zero-order valence-corrected chi connectivity index (χ0v) is 37.7. The van der Waals surface area contributed by atoms with Gasteiger partial charge in [-0.2, -0.15) is 0 Å². The number of hydrogen-bond acceptors (Lipinski definition) is 6. The van der Waals surface area contributed by atoms with Gasteiger partial charge in [-0.05, 0) is 120 Å². The van der Waals surface area contributed by atoms with Gasteiger partial charge in [0.25, 0.3) is 0 Å². The Morgan fingerprint density at radius 3 is 1.70 bits per heavy atom. The average Bonchev–Trinajstić information content (AvgIpc) is 2.97. The second-order valence-electron chi connectivity index (χ2n) is 19.4. The number of amides is 1. The highest BCUT2D eigenvalue weighted by Crippen LogP contribution is 2.40. The standard InChI is InChI=1S/C43H71NO7Si2/c1-40(2,3)48-33-27-25-32(26-28-33)30-35(44-39(47)49-41(4,5)6)37(51-53(15,16)43(10,11)12)24-20-23-36(50-52(13,14)42(7,8)9)34(38(45)46)29-31-21-18-17-19-22-31/h17-23,25-28,34-37H,24,29-30H2,1-16H3,(H,44,47)(H,45,46). The third kappa shape index (κ3) is 15.8. The molecule has 53 heavy (non-hydrogen) atoms. The van der Waals surface area contributed by atoms with E-state index >= 15 is 0 Å². The maximum atomic E-state index is 13.4. The molecule has 298 valence electrons. The Balaban J connectivity index is 2.64. The van der Waals surface area contributed by atoms with Gasteiger partial charge in [0.15, 0.2) is 16.6 Å². The minimum atomic E-state index is -2.39. The van der Waals surface area contributed by atoms with Crippen LogP contribution in [0, 0.1) is 5.92 Å². The predicted molar refractivity (Wildman–Crippen MR) is 223 cm³/mol. The van der Waals surface area contributed by atoms with Crippen LogP contribution < -0.4 is 10.1 Å². The summed E-state index contributed by atoms with van der Waals surface area (Å²) in [5.41, 5.74) is 0.934. The van der Waals surface area contributed by atoms with Crippen LogP contribution in [0.4, 0.5) is 4.79 Å². The van der Waals surface area contributed by atoms with Crippen molar-refractivity contribution in [1.82, 2.24) is 5.32 Å². The Kier molecular flexibility index (Phi) is 15.8. The fraction of sp³-hybridized carbons (Fsp3) is 0.628. The van der Waals surface area contributed by atoms with Crippen LogP contribution in [0.25, 0.3) is 0 Å². The highest BCUT2D eigenvalue weighted by molar-refractivity contribution is 6.74. The highest BCUT2D eigenvalue weighted by atomic mass is 28.4. The van der Waals surface area contributed by atoms with Crippen LogP contribution in [-0.4, -0.2) is 63.3 Å². The van der Waals surface area contributed by atoms with Crippen molar-refractivity contribution in [3.8, 4) is 5.75 Å². The number of carboxylic acid groups (broad SMARTS) is 1. The van der Waals surface area contributed by atoms with Crippen molar-refractivity contribution in [3.05, 3.63) is 77.9 Å². The van der Waals surface area contributed by atoms with E-state index in [0.29, 0.717) is 19.3 Å². The predicted octanol–water partition coefficient (Wildman–Crippen LogP) is 11.0. The fourth-order valence-electron chi connectivity index (χ4n) is 5.22. The van der Waals surface area contributed by atoms with Crippen molar-refractivity contribution in [1.29, 1.82) is 0 Å². The molecule has 0 saturated heterocycles. The van der Waals surface area contributed by atoms with E-state index in [1.54, 1.807) is 0 Å². The first-order chi connectivity index (χ1) is 24.0. The van der Waals surface area contributed by atoms with E-state index in [9.17, 15) is 14.7 Å². The summed E-state index contributed by atoms with van der Waals surface area (Å²) in [7, 11) is -4.77. The van der Waals surface area contributed by atoms with Crippen molar-refractivity contribution in [3.63, 3.8) is 0 Å². The highest BCUT2D eigenvalue weighted by Gasteiger charge is 2.43. The third-order valence-electron chi connectivity index (χ3n) is 10.1. The molecule has 4 atom stereocenters. The van der Waals surface area contributed by atoms with Crippen LogP contribution >= 0.6 is 0 Å².